The molecule has 0 saturated heterocycles. The lowest BCUT2D eigenvalue weighted by molar-refractivity contribution is -0.134. The number of fused-ring (bicyclic) bond motifs is 1. The van der Waals surface area contributed by atoms with Gasteiger partial charge in [0, 0.05) is 6.54 Å². The van der Waals surface area contributed by atoms with E-state index in [1.165, 1.54) is 19.1 Å². The summed E-state index contributed by atoms with van der Waals surface area (Å²) in [7, 11) is 0. The molecule has 0 aromatic heterocycles. The Kier molecular flexibility index (Phi) is 6.61. The van der Waals surface area contributed by atoms with Gasteiger partial charge in [-0.25, -0.2) is 9.59 Å². The molecule has 0 aliphatic carbocycles. The van der Waals surface area contributed by atoms with Gasteiger partial charge in [0.1, 0.15) is 29.1 Å². The molecule has 9 heteroatoms. The van der Waals surface area contributed by atoms with Gasteiger partial charge in [-0.15, -0.1) is 0 Å². The standard InChI is InChI=1S/C19H24N2O7/c1-11-15(21-18(25)28-19(2,3)4)16(23)20-10-9-14(22)27-13-8-6-5-7-12(13)17(24)26-11/h5-8,11,15H,9-10H2,1-4H3,(H,20,23)(H,21,25)/t11-,15+/m1/s1. The van der Waals surface area contributed by atoms with E-state index in [1.54, 1.807) is 32.9 Å². The van der Waals surface area contributed by atoms with Gasteiger partial charge in [-0.3, -0.25) is 9.59 Å². The number of rotatable bonds is 1. The van der Waals surface area contributed by atoms with E-state index in [-0.39, 0.29) is 24.3 Å². The second-order valence-electron chi connectivity index (χ2n) is 7.25. The van der Waals surface area contributed by atoms with Gasteiger partial charge in [-0.2, -0.15) is 0 Å². The maximum atomic E-state index is 12.5. The molecule has 2 N–H and O–H groups in total. The van der Waals surface area contributed by atoms with Crippen molar-refractivity contribution in [3.8, 4) is 5.75 Å². The third-order valence-electron chi connectivity index (χ3n) is 3.68. The average Bonchev–Trinajstić information content (AvgIpc) is 2.57. The van der Waals surface area contributed by atoms with E-state index in [0.29, 0.717) is 0 Å². The van der Waals surface area contributed by atoms with Gasteiger partial charge in [0.25, 0.3) is 0 Å². The summed E-state index contributed by atoms with van der Waals surface area (Å²) in [5.74, 6) is -1.97. The highest BCUT2D eigenvalue weighted by Crippen LogP contribution is 2.21. The van der Waals surface area contributed by atoms with Crippen molar-refractivity contribution in [2.45, 2.75) is 51.9 Å². The van der Waals surface area contributed by atoms with Crippen LogP contribution in [0.25, 0.3) is 0 Å². The summed E-state index contributed by atoms with van der Waals surface area (Å²) in [6.45, 7) is 6.51. The van der Waals surface area contributed by atoms with E-state index in [1.807, 2.05) is 0 Å². The third-order valence-corrected chi connectivity index (χ3v) is 3.68. The lowest BCUT2D eigenvalue weighted by Gasteiger charge is -2.27. The van der Waals surface area contributed by atoms with Crippen molar-refractivity contribution in [3.63, 3.8) is 0 Å². The molecule has 9 nitrogen and oxygen atoms in total. The van der Waals surface area contributed by atoms with Crippen LogP contribution in [0.3, 0.4) is 0 Å². The molecule has 1 heterocycles. The largest absolute Gasteiger partial charge is 0.456 e. The van der Waals surface area contributed by atoms with Gasteiger partial charge < -0.3 is 24.8 Å². The highest BCUT2D eigenvalue weighted by molar-refractivity contribution is 5.94. The zero-order valence-corrected chi connectivity index (χ0v) is 16.2. The minimum Gasteiger partial charge on any atom is -0.456 e. The number of hydrogen-bond acceptors (Lipinski definition) is 7. The van der Waals surface area contributed by atoms with Crippen molar-refractivity contribution >= 4 is 23.9 Å². The predicted molar refractivity (Wildman–Crippen MR) is 97.7 cm³/mol. The minimum absolute atomic E-state index is 0.00695. The molecule has 1 aromatic carbocycles. The molecule has 1 aliphatic heterocycles. The van der Waals surface area contributed by atoms with Crippen LogP contribution in [-0.4, -0.2) is 48.2 Å². The van der Waals surface area contributed by atoms with Gasteiger partial charge in [-0.05, 0) is 39.8 Å². The number of benzene rings is 1. The van der Waals surface area contributed by atoms with E-state index in [0.717, 1.165) is 0 Å². The number of amides is 2. The van der Waals surface area contributed by atoms with Gasteiger partial charge in [0.15, 0.2) is 0 Å². The fraction of sp³-hybridized carbons (Fsp3) is 0.474. The van der Waals surface area contributed by atoms with E-state index in [9.17, 15) is 19.2 Å². The smallest absolute Gasteiger partial charge is 0.408 e. The SMILES string of the molecule is C[C@H]1OC(=O)c2ccccc2OC(=O)CCNC(=O)[C@H]1NC(=O)OC(C)(C)C. The summed E-state index contributed by atoms with van der Waals surface area (Å²) in [5.41, 5.74) is -0.728. The Morgan fingerprint density at radius 3 is 2.57 bits per heavy atom. The Labute approximate surface area is 162 Å². The van der Waals surface area contributed by atoms with Crippen molar-refractivity contribution in [3.05, 3.63) is 29.8 Å². The van der Waals surface area contributed by atoms with Crippen molar-refractivity contribution in [1.82, 2.24) is 10.6 Å². The number of carbonyl (C=O) groups is 4. The first kappa shape index (κ1) is 21.2. The fourth-order valence-electron chi connectivity index (χ4n) is 2.43. The molecule has 2 rings (SSSR count). The van der Waals surface area contributed by atoms with Gasteiger partial charge >= 0.3 is 18.0 Å². The van der Waals surface area contributed by atoms with Gasteiger partial charge in [0.2, 0.25) is 5.91 Å². The maximum absolute atomic E-state index is 12.5. The molecule has 2 amide bonds. The Morgan fingerprint density at radius 2 is 1.89 bits per heavy atom. The van der Waals surface area contributed by atoms with Crippen LogP contribution in [0.2, 0.25) is 0 Å². The number of ether oxygens (including phenoxy) is 3. The Hall–Kier alpha value is -3.10. The zero-order chi connectivity index (χ0) is 20.9. The quantitative estimate of drug-likeness (QED) is 0.549. The molecule has 0 saturated carbocycles. The summed E-state index contributed by atoms with van der Waals surface area (Å²) >= 11 is 0. The number of cyclic esters (lactones) is 1. The zero-order valence-electron chi connectivity index (χ0n) is 16.2. The normalized spacial score (nSPS) is 21.1. The molecule has 1 aromatic rings. The molecule has 28 heavy (non-hydrogen) atoms. The number of nitrogens with one attached hydrogen (secondary N) is 2. The van der Waals surface area contributed by atoms with Crippen LogP contribution < -0.4 is 15.4 Å². The van der Waals surface area contributed by atoms with Crippen molar-refractivity contribution < 1.29 is 33.4 Å². The van der Waals surface area contributed by atoms with E-state index < -0.39 is 41.7 Å². The first-order valence-corrected chi connectivity index (χ1v) is 8.85. The molecule has 0 fully saturated rings. The van der Waals surface area contributed by atoms with Gasteiger partial charge in [0.05, 0.1) is 6.42 Å². The number of alkyl carbamates (subject to hydrolysis) is 1. The average molecular weight is 392 g/mol. The second kappa shape index (κ2) is 8.73. The summed E-state index contributed by atoms with van der Waals surface area (Å²) in [4.78, 5) is 49.0. The second-order valence-corrected chi connectivity index (χ2v) is 7.25. The Morgan fingerprint density at radius 1 is 1.21 bits per heavy atom. The minimum atomic E-state index is -1.21. The van der Waals surface area contributed by atoms with Crippen LogP contribution >= 0.6 is 0 Å². The lowest BCUT2D eigenvalue weighted by atomic mass is 10.1. The van der Waals surface area contributed by atoms with Crippen LogP contribution in [0.15, 0.2) is 24.3 Å². The molecule has 1 aliphatic rings. The molecular formula is C19H24N2O7. The molecule has 2 atom stereocenters. The predicted octanol–water partition coefficient (Wildman–Crippen LogP) is 1.55. The molecule has 0 radical (unpaired) electrons. The number of esters is 2. The highest BCUT2D eigenvalue weighted by Gasteiger charge is 2.32. The van der Waals surface area contributed by atoms with E-state index in [4.69, 9.17) is 14.2 Å². The van der Waals surface area contributed by atoms with Crippen LogP contribution in [0.4, 0.5) is 4.79 Å². The topological polar surface area (TPSA) is 120 Å². The summed E-state index contributed by atoms with van der Waals surface area (Å²) in [5, 5.41) is 4.93. The summed E-state index contributed by atoms with van der Waals surface area (Å²) < 4.78 is 15.7. The van der Waals surface area contributed by atoms with Crippen molar-refractivity contribution in [2.75, 3.05) is 6.54 Å². The monoisotopic (exact) mass is 392 g/mol. The molecule has 152 valence electrons. The van der Waals surface area contributed by atoms with E-state index >= 15 is 0 Å². The Bertz CT molecular complexity index is 770. The number of carbonyl (C=O) groups excluding carboxylic acids is 4. The number of hydrogen-bond donors (Lipinski definition) is 2. The summed E-state index contributed by atoms with van der Waals surface area (Å²) in [6, 6.07) is 4.91. The third kappa shape index (κ3) is 5.97. The van der Waals surface area contributed by atoms with Crippen molar-refractivity contribution in [1.29, 1.82) is 0 Å². The highest BCUT2D eigenvalue weighted by atomic mass is 16.6. The van der Waals surface area contributed by atoms with E-state index in [2.05, 4.69) is 10.6 Å². The van der Waals surface area contributed by atoms with Crippen LogP contribution in [0, 0.1) is 0 Å². The van der Waals surface area contributed by atoms with Crippen LogP contribution in [0.5, 0.6) is 5.75 Å². The van der Waals surface area contributed by atoms with Crippen LogP contribution in [0.1, 0.15) is 44.5 Å². The fourth-order valence-corrected chi connectivity index (χ4v) is 2.43. The molecular weight excluding hydrogens is 368 g/mol. The molecule has 0 bridgehead atoms. The Balaban J connectivity index is 2.26. The first-order valence-electron chi connectivity index (χ1n) is 8.85. The first-order chi connectivity index (χ1) is 13.1. The lowest BCUT2D eigenvalue weighted by Crippen LogP contribution is -2.54. The molecule has 0 unspecified atom stereocenters. The van der Waals surface area contributed by atoms with Crippen molar-refractivity contribution in [2.24, 2.45) is 0 Å². The number of para-hydroxylation sites is 1. The molecule has 0 spiro atoms. The summed E-state index contributed by atoms with van der Waals surface area (Å²) in [6.07, 6.45) is -1.95. The maximum Gasteiger partial charge on any atom is 0.408 e. The van der Waals surface area contributed by atoms with Gasteiger partial charge in [-0.1, -0.05) is 12.1 Å². The van der Waals surface area contributed by atoms with Crippen LogP contribution in [-0.2, 0) is 19.1 Å².